The first kappa shape index (κ1) is 12.4. The molecule has 96 valence electrons. The third-order valence-corrected chi connectivity index (χ3v) is 2.48. The number of nitrogens with two attached hydrogens (primary N) is 1. The third kappa shape index (κ3) is 2.03. The lowest BCUT2D eigenvalue weighted by molar-refractivity contribution is 0.485. The smallest absolute Gasteiger partial charge is 0.184 e. The van der Waals surface area contributed by atoms with Gasteiger partial charge in [-0.25, -0.2) is 17.9 Å². The summed E-state index contributed by atoms with van der Waals surface area (Å²) in [4.78, 5) is 0. The predicted molar refractivity (Wildman–Crippen MR) is 59.6 cm³/mol. The van der Waals surface area contributed by atoms with E-state index in [-0.39, 0.29) is 11.5 Å². The summed E-state index contributed by atoms with van der Waals surface area (Å²) in [5.74, 6) is -3.22. The van der Waals surface area contributed by atoms with Gasteiger partial charge in [0.2, 0.25) is 0 Å². The van der Waals surface area contributed by atoms with Crippen molar-refractivity contribution in [1.29, 1.82) is 0 Å². The topological polar surface area (TPSA) is 56.7 Å². The summed E-state index contributed by atoms with van der Waals surface area (Å²) in [6.07, 6.45) is 1.20. The Morgan fingerprint density at radius 3 is 2.67 bits per heavy atom. The Kier molecular flexibility index (Phi) is 3.22. The molecule has 2 N–H and O–H groups in total. The molecule has 2 rings (SSSR count). The van der Waals surface area contributed by atoms with E-state index in [9.17, 15) is 13.2 Å². The fourth-order valence-electron chi connectivity index (χ4n) is 1.67. The molecule has 0 aliphatic carbocycles. The number of anilines is 1. The average Bonchev–Trinajstić information content (AvgIpc) is 2.67. The molecular weight excluding hydrogens is 245 g/mol. The first-order chi connectivity index (χ1) is 8.54. The van der Waals surface area contributed by atoms with E-state index in [4.69, 9.17) is 5.73 Å². The highest BCUT2D eigenvalue weighted by atomic mass is 19.2. The highest BCUT2D eigenvalue weighted by Gasteiger charge is 2.18. The fraction of sp³-hybridized carbons (Fsp3) is 0.273. The Hall–Kier alpha value is -2.05. The molecule has 18 heavy (non-hydrogen) atoms. The van der Waals surface area contributed by atoms with E-state index in [1.807, 2.05) is 6.92 Å². The minimum atomic E-state index is -1.28. The van der Waals surface area contributed by atoms with Crippen LogP contribution < -0.4 is 5.73 Å². The second-order valence-electron chi connectivity index (χ2n) is 3.80. The van der Waals surface area contributed by atoms with Gasteiger partial charge in [0.15, 0.2) is 17.5 Å². The van der Waals surface area contributed by atoms with Crippen LogP contribution in [-0.4, -0.2) is 15.0 Å². The van der Waals surface area contributed by atoms with Gasteiger partial charge in [0.05, 0.1) is 5.69 Å². The maximum absolute atomic E-state index is 13.6. The largest absolute Gasteiger partial charge is 0.381 e. The molecule has 1 aromatic carbocycles. The van der Waals surface area contributed by atoms with E-state index in [0.29, 0.717) is 18.2 Å². The molecule has 0 amide bonds. The van der Waals surface area contributed by atoms with Gasteiger partial charge >= 0.3 is 0 Å². The van der Waals surface area contributed by atoms with Crippen molar-refractivity contribution in [3.63, 3.8) is 0 Å². The summed E-state index contributed by atoms with van der Waals surface area (Å²) in [5.41, 5.74) is 5.69. The third-order valence-electron chi connectivity index (χ3n) is 2.48. The van der Waals surface area contributed by atoms with E-state index in [1.54, 1.807) is 0 Å². The highest BCUT2D eigenvalue weighted by Crippen LogP contribution is 2.21. The number of hydrogen-bond donors (Lipinski definition) is 1. The van der Waals surface area contributed by atoms with Crippen LogP contribution in [-0.2, 0) is 6.42 Å². The molecule has 0 radical (unpaired) electrons. The lowest BCUT2D eigenvalue weighted by Gasteiger charge is -2.07. The van der Waals surface area contributed by atoms with Gasteiger partial charge in [0.25, 0.3) is 0 Å². The van der Waals surface area contributed by atoms with Crippen molar-refractivity contribution in [2.24, 2.45) is 0 Å². The van der Waals surface area contributed by atoms with Gasteiger partial charge in [-0.3, -0.25) is 0 Å². The molecule has 0 atom stereocenters. The number of nitrogen functional groups attached to an aromatic ring is 1. The molecule has 0 spiro atoms. The number of halogens is 3. The Balaban J connectivity index is 2.62. The second kappa shape index (κ2) is 4.67. The monoisotopic (exact) mass is 256 g/mol. The molecule has 1 aromatic heterocycles. The summed E-state index contributed by atoms with van der Waals surface area (Å²) in [5, 5.41) is 7.21. The fourth-order valence-corrected chi connectivity index (χ4v) is 1.67. The van der Waals surface area contributed by atoms with Crippen LogP contribution in [0.1, 0.15) is 19.0 Å². The predicted octanol–water partition coefficient (Wildman–Crippen LogP) is 2.22. The zero-order valence-electron chi connectivity index (χ0n) is 9.62. The standard InChI is InChI=1S/C11H11F3N4/c1-2-3-8-11(15)16-17-18(8)9-5-6(12)4-7(13)10(9)14/h4-5H,2-3,15H2,1H3. The van der Waals surface area contributed by atoms with Crippen molar-refractivity contribution < 1.29 is 13.2 Å². The van der Waals surface area contributed by atoms with E-state index < -0.39 is 17.5 Å². The maximum Gasteiger partial charge on any atom is 0.184 e. The number of rotatable bonds is 3. The lowest BCUT2D eigenvalue weighted by atomic mass is 10.2. The quantitative estimate of drug-likeness (QED) is 0.857. The van der Waals surface area contributed by atoms with E-state index in [0.717, 1.165) is 17.2 Å². The molecule has 0 aliphatic rings. The minimum Gasteiger partial charge on any atom is -0.381 e. The Bertz CT molecular complexity index is 580. The molecule has 0 saturated heterocycles. The summed E-state index contributed by atoms with van der Waals surface area (Å²) >= 11 is 0. The molecule has 7 heteroatoms. The zero-order chi connectivity index (χ0) is 13.3. The van der Waals surface area contributed by atoms with Crippen molar-refractivity contribution in [2.75, 3.05) is 5.73 Å². The molecule has 0 unspecified atom stereocenters. The van der Waals surface area contributed by atoms with E-state index in [1.165, 1.54) is 0 Å². The Labute approximate surface area is 101 Å². The summed E-state index contributed by atoms with van der Waals surface area (Å²) in [6, 6.07) is 1.32. The summed E-state index contributed by atoms with van der Waals surface area (Å²) in [6.45, 7) is 1.89. The van der Waals surface area contributed by atoms with Crippen LogP contribution in [0.2, 0.25) is 0 Å². The van der Waals surface area contributed by atoms with Crippen molar-refractivity contribution in [3.8, 4) is 5.69 Å². The van der Waals surface area contributed by atoms with Crippen LogP contribution in [0.25, 0.3) is 5.69 Å². The number of nitrogens with zero attached hydrogens (tertiary/aromatic N) is 3. The van der Waals surface area contributed by atoms with E-state index in [2.05, 4.69) is 10.3 Å². The molecule has 1 heterocycles. The molecule has 2 aromatic rings. The second-order valence-corrected chi connectivity index (χ2v) is 3.80. The van der Waals surface area contributed by atoms with Crippen molar-refractivity contribution in [1.82, 2.24) is 15.0 Å². The first-order valence-electron chi connectivity index (χ1n) is 5.39. The van der Waals surface area contributed by atoms with Crippen LogP contribution in [0.3, 0.4) is 0 Å². The van der Waals surface area contributed by atoms with Crippen LogP contribution in [0.15, 0.2) is 12.1 Å². The van der Waals surface area contributed by atoms with Gasteiger partial charge in [0, 0.05) is 12.1 Å². The van der Waals surface area contributed by atoms with Gasteiger partial charge in [-0.15, -0.1) is 5.10 Å². The Morgan fingerprint density at radius 1 is 1.28 bits per heavy atom. The molecule has 4 nitrogen and oxygen atoms in total. The molecule has 0 saturated carbocycles. The molecule has 0 bridgehead atoms. The van der Waals surface area contributed by atoms with Crippen molar-refractivity contribution in [2.45, 2.75) is 19.8 Å². The maximum atomic E-state index is 13.6. The average molecular weight is 256 g/mol. The molecular formula is C11H11F3N4. The van der Waals surface area contributed by atoms with Gasteiger partial charge in [-0.05, 0) is 6.42 Å². The number of aromatic nitrogens is 3. The molecule has 0 fully saturated rings. The van der Waals surface area contributed by atoms with Crippen molar-refractivity contribution >= 4 is 5.82 Å². The zero-order valence-corrected chi connectivity index (χ0v) is 9.62. The molecule has 0 aliphatic heterocycles. The van der Waals surface area contributed by atoms with Gasteiger partial charge in [-0.1, -0.05) is 18.6 Å². The summed E-state index contributed by atoms with van der Waals surface area (Å²) < 4.78 is 40.9. The normalized spacial score (nSPS) is 10.9. The number of hydrogen-bond acceptors (Lipinski definition) is 3. The first-order valence-corrected chi connectivity index (χ1v) is 5.39. The van der Waals surface area contributed by atoms with Crippen LogP contribution in [0, 0.1) is 17.5 Å². The SMILES string of the molecule is CCCc1c(N)nnn1-c1cc(F)cc(F)c1F. The van der Waals surface area contributed by atoms with Crippen LogP contribution in [0.5, 0.6) is 0 Å². The summed E-state index contributed by atoms with van der Waals surface area (Å²) in [7, 11) is 0. The highest BCUT2D eigenvalue weighted by molar-refractivity contribution is 5.42. The minimum absolute atomic E-state index is 0.126. The van der Waals surface area contributed by atoms with Crippen LogP contribution >= 0.6 is 0 Å². The lowest BCUT2D eigenvalue weighted by Crippen LogP contribution is -2.07. The van der Waals surface area contributed by atoms with E-state index >= 15 is 0 Å². The number of benzene rings is 1. The van der Waals surface area contributed by atoms with Gasteiger partial charge in [0.1, 0.15) is 11.5 Å². The van der Waals surface area contributed by atoms with Crippen molar-refractivity contribution in [3.05, 3.63) is 35.3 Å². The van der Waals surface area contributed by atoms with Gasteiger partial charge in [-0.2, -0.15) is 0 Å². The Morgan fingerprint density at radius 2 is 2.00 bits per heavy atom. The van der Waals surface area contributed by atoms with Crippen LogP contribution in [0.4, 0.5) is 19.0 Å². The van der Waals surface area contributed by atoms with Gasteiger partial charge < -0.3 is 5.73 Å².